The summed E-state index contributed by atoms with van der Waals surface area (Å²) in [5.41, 5.74) is 0.755. The molecule has 0 aliphatic heterocycles. The molecule has 7 heteroatoms. The van der Waals surface area contributed by atoms with Crippen LogP contribution in [0.15, 0.2) is 41.3 Å². The maximum absolute atomic E-state index is 12.3. The smallest absolute Gasteiger partial charge is 0.182 e. The van der Waals surface area contributed by atoms with Crippen LogP contribution in [-0.2, 0) is 16.3 Å². The molecule has 0 radical (unpaired) electrons. The summed E-state index contributed by atoms with van der Waals surface area (Å²) in [4.78, 5) is -0.280. The second-order valence-electron chi connectivity index (χ2n) is 4.91. The molecule has 2 aromatic rings. The Hall–Kier alpha value is -2.41. The first-order valence-corrected chi connectivity index (χ1v) is 8.48. The van der Waals surface area contributed by atoms with Gasteiger partial charge in [0.1, 0.15) is 16.4 Å². The Morgan fingerprint density at radius 2 is 1.65 bits per heavy atom. The maximum Gasteiger partial charge on any atom is 0.182 e. The summed E-state index contributed by atoms with van der Waals surface area (Å²) in [6.45, 7) is 0. The fourth-order valence-electron chi connectivity index (χ4n) is 2.15. The predicted molar refractivity (Wildman–Crippen MR) is 85.1 cm³/mol. The molecule has 0 bridgehead atoms. The van der Waals surface area contributed by atoms with Crippen molar-refractivity contribution in [2.75, 3.05) is 20.0 Å². The van der Waals surface area contributed by atoms with Gasteiger partial charge in [-0.3, -0.25) is 0 Å². The van der Waals surface area contributed by atoms with Crippen LogP contribution in [0.25, 0.3) is 0 Å². The third-order valence-electron chi connectivity index (χ3n) is 3.39. The van der Waals surface area contributed by atoms with Crippen molar-refractivity contribution in [1.82, 2.24) is 0 Å². The van der Waals surface area contributed by atoms with E-state index in [1.165, 1.54) is 20.3 Å². The lowest BCUT2D eigenvalue weighted by Crippen LogP contribution is -2.09. The third kappa shape index (κ3) is 3.87. The van der Waals surface area contributed by atoms with Crippen molar-refractivity contribution < 1.29 is 28.1 Å². The van der Waals surface area contributed by atoms with Gasteiger partial charge in [-0.1, -0.05) is 6.07 Å². The molecule has 0 heterocycles. The van der Waals surface area contributed by atoms with Gasteiger partial charge in [-0.2, -0.15) is 0 Å². The lowest BCUT2D eigenvalue weighted by Gasteiger charge is -2.10. The minimum atomic E-state index is -3.73. The molecule has 0 aromatic heterocycles. The third-order valence-corrected chi connectivity index (χ3v) is 5.12. The zero-order valence-corrected chi connectivity index (χ0v) is 13.6. The van der Waals surface area contributed by atoms with E-state index in [-0.39, 0.29) is 28.6 Å². The molecule has 0 amide bonds. The molecule has 0 saturated carbocycles. The number of phenols is 2. The van der Waals surface area contributed by atoms with Crippen LogP contribution in [-0.4, -0.2) is 38.6 Å². The molecule has 0 aliphatic carbocycles. The van der Waals surface area contributed by atoms with Crippen LogP contribution < -0.4 is 9.47 Å². The van der Waals surface area contributed by atoms with Gasteiger partial charge < -0.3 is 19.7 Å². The van der Waals surface area contributed by atoms with Gasteiger partial charge in [0.2, 0.25) is 0 Å². The SMILES string of the molecule is COc1ccc(CCS(=O)(=O)c2cc(O)ccc2O)cc1OC. The number of rotatable bonds is 6. The Morgan fingerprint density at radius 1 is 0.957 bits per heavy atom. The number of ether oxygens (including phenoxy) is 2. The van der Waals surface area contributed by atoms with E-state index in [4.69, 9.17) is 9.47 Å². The van der Waals surface area contributed by atoms with Crippen LogP contribution in [0.4, 0.5) is 0 Å². The molecule has 0 aliphatic rings. The monoisotopic (exact) mass is 338 g/mol. The fraction of sp³-hybridized carbons (Fsp3) is 0.250. The molecule has 2 aromatic carbocycles. The van der Waals surface area contributed by atoms with Crippen LogP contribution in [0.3, 0.4) is 0 Å². The van der Waals surface area contributed by atoms with Crippen LogP contribution in [0.5, 0.6) is 23.0 Å². The number of sulfone groups is 1. The molecule has 2 rings (SSSR count). The summed E-state index contributed by atoms with van der Waals surface area (Å²) in [7, 11) is -0.705. The molecule has 6 nitrogen and oxygen atoms in total. The van der Waals surface area contributed by atoms with E-state index in [2.05, 4.69) is 0 Å². The highest BCUT2D eigenvalue weighted by Gasteiger charge is 2.20. The van der Waals surface area contributed by atoms with Crippen molar-refractivity contribution in [3.8, 4) is 23.0 Å². The Balaban J connectivity index is 2.21. The number of phenolic OH excluding ortho intramolecular Hbond substituents is 2. The van der Waals surface area contributed by atoms with Gasteiger partial charge in [0.25, 0.3) is 0 Å². The molecular weight excluding hydrogens is 320 g/mol. The molecule has 23 heavy (non-hydrogen) atoms. The van der Waals surface area contributed by atoms with E-state index in [0.717, 1.165) is 17.7 Å². The number of hydrogen-bond acceptors (Lipinski definition) is 6. The van der Waals surface area contributed by atoms with Gasteiger partial charge in [-0.25, -0.2) is 8.42 Å². The Kier molecular flexibility index (Phi) is 5.00. The Bertz CT molecular complexity index is 798. The molecule has 0 spiro atoms. The van der Waals surface area contributed by atoms with E-state index in [1.807, 2.05) is 0 Å². The van der Waals surface area contributed by atoms with Crippen LogP contribution >= 0.6 is 0 Å². The number of aromatic hydroxyl groups is 2. The zero-order valence-electron chi connectivity index (χ0n) is 12.8. The number of hydrogen-bond donors (Lipinski definition) is 2. The van der Waals surface area contributed by atoms with E-state index < -0.39 is 9.84 Å². The highest BCUT2D eigenvalue weighted by atomic mass is 32.2. The summed E-state index contributed by atoms with van der Waals surface area (Å²) in [6.07, 6.45) is 0.234. The lowest BCUT2D eigenvalue weighted by molar-refractivity contribution is 0.354. The predicted octanol–water partition coefficient (Wildman–Crippen LogP) is 2.13. The highest BCUT2D eigenvalue weighted by Crippen LogP contribution is 2.30. The molecule has 0 saturated heterocycles. The molecule has 2 N–H and O–H groups in total. The lowest BCUT2D eigenvalue weighted by atomic mass is 10.1. The first kappa shape index (κ1) is 17.0. The van der Waals surface area contributed by atoms with Crippen LogP contribution in [0, 0.1) is 0 Å². The van der Waals surface area contributed by atoms with Crippen molar-refractivity contribution in [3.63, 3.8) is 0 Å². The summed E-state index contributed by atoms with van der Waals surface area (Å²) < 4.78 is 35.0. The van der Waals surface area contributed by atoms with E-state index in [0.29, 0.717) is 11.5 Å². The van der Waals surface area contributed by atoms with Crippen molar-refractivity contribution in [1.29, 1.82) is 0 Å². The van der Waals surface area contributed by atoms with Gasteiger partial charge in [-0.15, -0.1) is 0 Å². The first-order valence-electron chi connectivity index (χ1n) is 6.83. The van der Waals surface area contributed by atoms with Gasteiger partial charge in [0.05, 0.1) is 20.0 Å². The van der Waals surface area contributed by atoms with Crippen LogP contribution in [0.1, 0.15) is 5.56 Å². The zero-order chi connectivity index (χ0) is 17.0. The number of aryl methyl sites for hydroxylation is 1. The molecular formula is C16H18O6S. The fourth-order valence-corrected chi connectivity index (χ4v) is 3.56. The molecule has 0 unspecified atom stereocenters. The molecule has 0 atom stereocenters. The van der Waals surface area contributed by atoms with Crippen molar-refractivity contribution >= 4 is 9.84 Å². The maximum atomic E-state index is 12.3. The van der Waals surface area contributed by atoms with Gasteiger partial charge in [0, 0.05) is 6.07 Å². The summed E-state index contributed by atoms with van der Waals surface area (Å²) in [5, 5.41) is 19.1. The minimum Gasteiger partial charge on any atom is -0.508 e. The van der Waals surface area contributed by atoms with Crippen molar-refractivity contribution in [3.05, 3.63) is 42.0 Å². The standard InChI is InChI=1S/C16H18O6S/c1-21-14-6-3-11(9-15(14)22-2)7-8-23(19,20)16-10-12(17)4-5-13(16)18/h3-6,9-10,17-18H,7-8H2,1-2H3. The van der Waals surface area contributed by atoms with Crippen LogP contribution in [0.2, 0.25) is 0 Å². The summed E-state index contributed by atoms with van der Waals surface area (Å²) in [6, 6.07) is 8.57. The first-order chi connectivity index (χ1) is 10.9. The molecule has 0 fully saturated rings. The van der Waals surface area contributed by atoms with Crippen molar-refractivity contribution in [2.24, 2.45) is 0 Å². The normalized spacial score (nSPS) is 11.2. The summed E-state index contributed by atoms with van der Waals surface area (Å²) in [5.74, 6) is 0.273. The average molecular weight is 338 g/mol. The number of benzene rings is 2. The largest absolute Gasteiger partial charge is 0.508 e. The average Bonchev–Trinajstić information content (AvgIpc) is 2.54. The second kappa shape index (κ2) is 6.78. The highest BCUT2D eigenvalue weighted by molar-refractivity contribution is 7.91. The topological polar surface area (TPSA) is 93.1 Å². The van der Waals surface area contributed by atoms with E-state index in [9.17, 15) is 18.6 Å². The quantitative estimate of drug-likeness (QED) is 0.784. The minimum absolute atomic E-state index is 0.209. The Morgan fingerprint density at radius 3 is 2.30 bits per heavy atom. The van der Waals surface area contributed by atoms with E-state index in [1.54, 1.807) is 18.2 Å². The van der Waals surface area contributed by atoms with E-state index >= 15 is 0 Å². The molecule has 124 valence electrons. The van der Waals surface area contributed by atoms with Crippen molar-refractivity contribution in [2.45, 2.75) is 11.3 Å². The second-order valence-corrected chi connectivity index (χ2v) is 6.99. The summed E-state index contributed by atoms with van der Waals surface area (Å²) >= 11 is 0. The Labute approximate surface area is 134 Å². The number of methoxy groups -OCH3 is 2. The van der Waals surface area contributed by atoms with Gasteiger partial charge in [-0.05, 0) is 36.2 Å². The van der Waals surface area contributed by atoms with Gasteiger partial charge >= 0.3 is 0 Å². The van der Waals surface area contributed by atoms with Gasteiger partial charge in [0.15, 0.2) is 21.3 Å².